The summed E-state index contributed by atoms with van der Waals surface area (Å²) in [5.74, 6) is 0.409. The fraction of sp³-hybridized carbons (Fsp3) is 0.429. The van der Waals surface area contributed by atoms with Gasteiger partial charge in [0, 0.05) is 18.9 Å². The lowest BCUT2D eigenvalue weighted by molar-refractivity contribution is 0.289. The molecule has 7 heteroatoms. The normalized spacial score (nSPS) is 15.7. The van der Waals surface area contributed by atoms with Crippen LogP contribution in [0.25, 0.3) is 0 Å². The minimum absolute atomic E-state index is 0.209. The summed E-state index contributed by atoms with van der Waals surface area (Å²) in [6.45, 7) is 1.83. The third-order valence-corrected chi connectivity index (χ3v) is 5.60. The predicted molar refractivity (Wildman–Crippen MR) is 79.7 cm³/mol. The molecule has 0 bridgehead atoms. The van der Waals surface area contributed by atoms with Crippen molar-refractivity contribution in [2.24, 2.45) is 0 Å². The minimum Gasteiger partial charge on any atom is -0.268 e. The molecule has 0 aromatic carbocycles. The summed E-state index contributed by atoms with van der Waals surface area (Å²) < 4.78 is 28.2. The number of rotatable bonds is 4. The summed E-state index contributed by atoms with van der Waals surface area (Å²) in [4.78, 5) is 4.46. The van der Waals surface area contributed by atoms with Crippen LogP contribution in [-0.4, -0.2) is 30.2 Å². The van der Waals surface area contributed by atoms with Crippen molar-refractivity contribution >= 4 is 15.8 Å². The van der Waals surface area contributed by atoms with Crippen LogP contribution in [-0.2, 0) is 10.0 Å². The van der Waals surface area contributed by atoms with E-state index in [4.69, 9.17) is 0 Å². The monoisotopic (exact) mass is 306 g/mol. The first kappa shape index (κ1) is 14.1. The molecule has 3 rings (SSSR count). The van der Waals surface area contributed by atoms with E-state index in [0.29, 0.717) is 11.9 Å². The second kappa shape index (κ2) is 5.14. The number of pyridine rings is 1. The molecule has 0 radical (unpaired) electrons. The van der Waals surface area contributed by atoms with Crippen molar-refractivity contribution in [2.75, 3.05) is 11.4 Å². The molecule has 6 nitrogen and oxygen atoms in total. The van der Waals surface area contributed by atoms with E-state index >= 15 is 0 Å². The molecule has 0 amide bonds. The van der Waals surface area contributed by atoms with E-state index < -0.39 is 10.0 Å². The first-order valence-corrected chi connectivity index (χ1v) is 8.39. The number of hydrogen-bond acceptors (Lipinski definition) is 4. The Morgan fingerprint density at radius 1 is 1.33 bits per heavy atom. The molecule has 0 unspecified atom stereocenters. The van der Waals surface area contributed by atoms with Crippen LogP contribution in [0.15, 0.2) is 35.5 Å². The van der Waals surface area contributed by atoms with Crippen molar-refractivity contribution in [3.63, 3.8) is 0 Å². The fourth-order valence-electron chi connectivity index (χ4n) is 2.29. The largest absolute Gasteiger partial charge is 0.268 e. The minimum atomic E-state index is -3.62. The molecule has 1 fully saturated rings. The molecule has 1 aliphatic carbocycles. The zero-order chi connectivity index (χ0) is 15.0. The highest BCUT2D eigenvalue weighted by Crippen LogP contribution is 2.31. The summed E-state index contributed by atoms with van der Waals surface area (Å²) in [7, 11) is -2.11. The van der Waals surface area contributed by atoms with Crippen LogP contribution in [0.5, 0.6) is 0 Å². The Labute approximate surface area is 124 Å². The highest BCUT2D eigenvalue weighted by Gasteiger charge is 2.26. The van der Waals surface area contributed by atoms with E-state index in [1.165, 1.54) is 24.0 Å². The van der Waals surface area contributed by atoms with E-state index in [0.717, 1.165) is 18.5 Å². The molecule has 21 heavy (non-hydrogen) atoms. The molecule has 0 atom stereocenters. The van der Waals surface area contributed by atoms with Gasteiger partial charge in [0.25, 0.3) is 10.0 Å². The Bertz CT molecular complexity index is 750. The average Bonchev–Trinajstić information content (AvgIpc) is 2.85. The van der Waals surface area contributed by atoms with Crippen LogP contribution in [0.1, 0.15) is 31.0 Å². The van der Waals surface area contributed by atoms with E-state index in [1.807, 2.05) is 13.0 Å². The zero-order valence-electron chi connectivity index (χ0n) is 12.1. The van der Waals surface area contributed by atoms with E-state index in [-0.39, 0.29) is 4.90 Å². The molecule has 0 aliphatic heterocycles. The van der Waals surface area contributed by atoms with Gasteiger partial charge in [-0.3, -0.25) is 8.99 Å². The maximum absolute atomic E-state index is 12.6. The SMILES string of the molecule is Cc1cccc(N(C)S(=O)(=O)c2cnn(C3CCC3)c2)n1. The molecule has 1 aliphatic rings. The van der Waals surface area contributed by atoms with Crippen LogP contribution in [0, 0.1) is 6.92 Å². The fourth-order valence-corrected chi connectivity index (χ4v) is 3.38. The first-order chi connectivity index (χ1) is 9.98. The maximum atomic E-state index is 12.6. The predicted octanol–water partition coefficient (Wildman–Crippen LogP) is 2.14. The summed E-state index contributed by atoms with van der Waals surface area (Å²) in [6, 6.07) is 5.65. The lowest BCUT2D eigenvalue weighted by atomic mass is 9.93. The summed E-state index contributed by atoms with van der Waals surface area (Å²) in [5, 5.41) is 4.19. The second-order valence-corrected chi connectivity index (χ2v) is 7.32. The van der Waals surface area contributed by atoms with Gasteiger partial charge in [-0.05, 0) is 38.3 Å². The van der Waals surface area contributed by atoms with Crippen molar-refractivity contribution in [2.45, 2.75) is 37.1 Å². The maximum Gasteiger partial charge on any atom is 0.268 e. The molecule has 2 aromatic rings. The van der Waals surface area contributed by atoms with E-state index in [9.17, 15) is 8.42 Å². The number of aromatic nitrogens is 3. The van der Waals surface area contributed by atoms with Crippen molar-refractivity contribution < 1.29 is 8.42 Å². The molecule has 2 aromatic heterocycles. The van der Waals surface area contributed by atoms with Gasteiger partial charge in [-0.25, -0.2) is 13.4 Å². The van der Waals surface area contributed by atoms with E-state index in [2.05, 4.69) is 10.1 Å². The third kappa shape index (κ3) is 2.53. The highest BCUT2D eigenvalue weighted by molar-refractivity contribution is 7.92. The van der Waals surface area contributed by atoms with Gasteiger partial charge in [-0.1, -0.05) is 6.07 Å². The Morgan fingerprint density at radius 3 is 2.71 bits per heavy atom. The summed E-state index contributed by atoms with van der Waals surface area (Å²) in [5.41, 5.74) is 0.778. The van der Waals surface area contributed by atoms with Gasteiger partial charge in [0.15, 0.2) is 0 Å². The van der Waals surface area contributed by atoms with Crippen LogP contribution >= 0.6 is 0 Å². The quantitative estimate of drug-likeness (QED) is 0.868. The van der Waals surface area contributed by atoms with E-state index in [1.54, 1.807) is 23.0 Å². The van der Waals surface area contributed by atoms with Crippen molar-refractivity contribution in [1.29, 1.82) is 0 Å². The molecular formula is C14H18N4O2S. The number of nitrogens with zero attached hydrogens (tertiary/aromatic N) is 4. The molecular weight excluding hydrogens is 288 g/mol. The van der Waals surface area contributed by atoms with Gasteiger partial charge < -0.3 is 0 Å². The smallest absolute Gasteiger partial charge is 0.268 e. The van der Waals surface area contributed by atoms with Gasteiger partial charge >= 0.3 is 0 Å². The summed E-state index contributed by atoms with van der Waals surface area (Å²) in [6.07, 6.45) is 6.35. The number of hydrogen-bond donors (Lipinski definition) is 0. The van der Waals surface area contributed by atoms with Crippen LogP contribution < -0.4 is 4.31 Å². The Balaban J connectivity index is 1.90. The Hall–Kier alpha value is -1.89. The van der Waals surface area contributed by atoms with Crippen LogP contribution in [0.4, 0.5) is 5.82 Å². The van der Waals surface area contributed by atoms with Crippen molar-refractivity contribution in [3.05, 3.63) is 36.3 Å². The molecule has 112 valence electrons. The zero-order valence-corrected chi connectivity index (χ0v) is 12.9. The highest BCUT2D eigenvalue weighted by atomic mass is 32.2. The van der Waals surface area contributed by atoms with Crippen LogP contribution in [0.3, 0.4) is 0 Å². The van der Waals surface area contributed by atoms with Crippen molar-refractivity contribution in [3.8, 4) is 0 Å². The molecule has 0 saturated heterocycles. The van der Waals surface area contributed by atoms with Gasteiger partial charge in [0.05, 0.1) is 12.2 Å². The number of anilines is 1. The van der Waals surface area contributed by atoms with Gasteiger partial charge in [0.1, 0.15) is 10.7 Å². The lowest BCUT2D eigenvalue weighted by Gasteiger charge is -2.25. The topological polar surface area (TPSA) is 68.1 Å². The Morgan fingerprint density at radius 2 is 2.10 bits per heavy atom. The first-order valence-electron chi connectivity index (χ1n) is 6.95. The van der Waals surface area contributed by atoms with Crippen molar-refractivity contribution in [1.82, 2.24) is 14.8 Å². The standard InChI is InChI=1S/C14H18N4O2S/c1-11-5-3-8-14(16-11)17(2)21(19,20)13-9-15-18(10-13)12-6-4-7-12/h3,5,8-10,12H,4,6-7H2,1-2H3. The molecule has 0 N–H and O–H groups in total. The third-order valence-electron chi connectivity index (χ3n) is 3.88. The van der Waals surface area contributed by atoms with Gasteiger partial charge in [-0.15, -0.1) is 0 Å². The number of aryl methyl sites for hydroxylation is 1. The summed E-state index contributed by atoms with van der Waals surface area (Å²) >= 11 is 0. The lowest BCUT2D eigenvalue weighted by Crippen LogP contribution is -2.27. The molecule has 2 heterocycles. The van der Waals surface area contributed by atoms with Crippen LogP contribution in [0.2, 0.25) is 0 Å². The molecule has 1 saturated carbocycles. The number of sulfonamides is 1. The van der Waals surface area contributed by atoms with Gasteiger partial charge in [0.2, 0.25) is 0 Å². The van der Waals surface area contributed by atoms with Gasteiger partial charge in [-0.2, -0.15) is 5.10 Å². The average molecular weight is 306 g/mol. The Kier molecular flexibility index (Phi) is 3.44. The second-order valence-electron chi connectivity index (χ2n) is 5.35. The molecule has 0 spiro atoms.